The maximum Gasteiger partial charge on any atom is 0.0927 e. The first-order valence-corrected chi connectivity index (χ1v) is 3.96. The lowest BCUT2D eigenvalue weighted by atomic mass is 10.1. The second-order valence-electron chi connectivity index (χ2n) is 2.92. The van der Waals surface area contributed by atoms with Gasteiger partial charge in [-0.3, -0.25) is 4.98 Å². The van der Waals surface area contributed by atoms with Gasteiger partial charge in [0.05, 0.1) is 6.10 Å². The number of hydrogen-bond acceptors (Lipinski definition) is 3. The number of aliphatic hydroxyl groups is 1. The van der Waals surface area contributed by atoms with Gasteiger partial charge in [-0.1, -0.05) is 6.07 Å². The van der Waals surface area contributed by atoms with Crippen molar-refractivity contribution in [2.75, 3.05) is 6.54 Å². The predicted octanol–water partition coefficient (Wildman–Crippen LogP) is 0.691. The molecule has 0 bridgehead atoms. The minimum atomic E-state index is -0.586. The van der Waals surface area contributed by atoms with E-state index in [9.17, 15) is 5.11 Å². The molecule has 0 radical (unpaired) electrons. The van der Waals surface area contributed by atoms with Crippen LogP contribution in [0.2, 0.25) is 0 Å². The summed E-state index contributed by atoms with van der Waals surface area (Å²) >= 11 is 0. The van der Waals surface area contributed by atoms with E-state index in [-0.39, 0.29) is 6.54 Å². The fourth-order valence-corrected chi connectivity index (χ4v) is 0.983. The molecule has 0 aromatic carbocycles. The summed E-state index contributed by atoms with van der Waals surface area (Å²) in [5.74, 6) is 0. The zero-order chi connectivity index (χ0) is 9.14. The van der Waals surface area contributed by atoms with Crippen molar-refractivity contribution in [1.29, 1.82) is 0 Å². The summed E-state index contributed by atoms with van der Waals surface area (Å²) in [5, 5.41) is 9.38. The Balaban J connectivity index is 2.96. The standard InChI is InChI=1S/C9H14N2O/c1-6-3-8(9(12)4-10)5-11-7(6)2/h3,5,9,12H,4,10H2,1-2H3. The van der Waals surface area contributed by atoms with Gasteiger partial charge < -0.3 is 10.8 Å². The smallest absolute Gasteiger partial charge is 0.0927 e. The van der Waals surface area contributed by atoms with E-state index in [1.165, 1.54) is 0 Å². The zero-order valence-corrected chi connectivity index (χ0v) is 7.41. The summed E-state index contributed by atoms with van der Waals surface area (Å²) in [6, 6.07) is 1.92. The lowest BCUT2D eigenvalue weighted by molar-refractivity contribution is 0.186. The van der Waals surface area contributed by atoms with Crippen LogP contribution in [-0.4, -0.2) is 16.6 Å². The molecule has 0 fully saturated rings. The molecule has 3 nitrogen and oxygen atoms in total. The van der Waals surface area contributed by atoms with Gasteiger partial charge in [-0.05, 0) is 19.4 Å². The maximum absolute atomic E-state index is 9.38. The highest BCUT2D eigenvalue weighted by Crippen LogP contribution is 2.13. The average Bonchev–Trinajstić information content (AvgIpc) is 2.08. The van der Waals surface area contributed by atoms with E-state index in [0.717, 1.165) is 16.8 Å². The van der Waals surface area contributed by atoms with Crippen LogP contribution in [0, 0.1) is 13.8 Å². The van der Waals surface area contributed by atoms with Crippen LogP contribution < -0.4 is 5.73 Å². The molecule has 66 valence electrons. The van der Waals surface area contributed by atoms with Crippen LogP contribution >= 0.6 is 0 Å². The number of nitrogens with two attached hydrogens (primary N) is 1. The Morgan fingerprint density at radius 2 is 2.25 bits per heavy atom. The Hall–Kier alpha value is -0.930. The summed E-state index contributed by atoms with van der Waals surface area (Å²) < 4.78 is 0. The number of hydrogen-bond donors (Lipinski definition) is 2. The monoisotopic (exact) mass is 166 g/mol. The predicted molar refractivity (Wildman–Crippen MR) is 47.7 cm³/mol. The Bertz CT molecular complexity index is 273. The van der Waals surface area contributed by atoms with E-state index in [1.807, 2.05) is 19.9 Å². The highest BCUT2D eigenvalue weighted by atomic mass is 16.3. The molecule has 12 heavy (non-hydrogen) atoms. The van der Waals surface area contributed by atoms with Crippen molar-refractivity contribution in [3.63, 3.8) is 0 Å². The number of rotatable bonds is 2. The minimum Gasteiger partial charge on any atom is -0.387 e. The summed E-state index contributed by atoms with van der Waals surface area (Å²) in [7, 11) is 0. The van der Waals surface area contributed by atoms with Crippen LogP contribution in [0.5, 0.6) is 0 Å². The molecular weight excluding hydrogens is 152 g/mol. The van der Waals surface area contributed by atoms with Crippen molar-refractivity contribution in [2.24, 2.45) is 5.73 Å². The minimum absolute atomic E-state index is 0.240. The number of nitrogens with zero attached hydrogens (tertiary/aromatic N) is 1. The lowest BCUT2D eigenvalue weighted by Gasteiger charge is -2.08. The second-order valence-corrected chi connectivity index (χ2v) is 2.92. The highest BCUT2D eigenvalue weighted by Gasteiger charge is 2.05. The van der Waals surface area contributed by atoms with E-state index in [0.29, 0.717) is 0 Å². The molecule has 1 atom stereocenters. The highest BCUT2D eigenvalue weighted by molar-refractivity contribution is 5.24. The first-order valence-electron chi connectivity index (χ1n) is 3.96. The Labute approximate surface area is 72.2 Å². The molecule has 0 amide bonds. The largest absolute Gasteiger partial charge is 0.387 e. The third kappa shape index (κ3) is 1.81. The zero-order valence-electron chi connectivity index (χ0n) is 7.41. The van der Waals surface area contributed by atoms with Crippen molar-refractivity contribution in [2.45, 2.75) is 20.0 Å². The van der Waals surface area contributed by atoms with Crippen molar-refractivity contribution in [1.82, 2.24) is 4.98 Å². The van der Waals surface area contributed by atoms with Gasteiger partial charge in [-0.25, -0.2) is 0 Å². The third-order valence-electron chi connectivity index (χ3n) is 1.97. The van der Waals surface area contributed by atoms with Gasteiger partial charge in [-0.15, -0.1) is 0 Å². The molecule has 0 aliphatic heterocycles. The molecule has 0 aliphatic carbocycles. The number of aromatic nitrogens is 1. The number of aryl methyl sites for hydroxylation is 2. The quantitative estimate of drug-likeness (QED) is 0.679. The Morgan fingerprint density at radius 3 is 2.75 bits per heavy atom. The SMILES string of the molecule is Cc1cc(C(O)CN)cnc1C. The van der Waals surface area contributed by atoms with Crippen LogP contribution in [0.25, 0.3) is 0 Å². The van der Waals surface area contributed by atoms with Crippen molar-refractivity contribution < 1.29 is 5.11 Å². The van der Waals surface area contributed by atoms with Gasteiger partial charge in [0.2, 0.25) is 0 Å². The van der Waals surface area contributed by atoms with Crippen molar-refractivity contribution >= 4 is 0 Å². The average molecular weight is 166 g/mol. The molecule has 1 rings (SSSR count). The van der Waals surface area contributed by atoms with E-state index in [4.69, 9.17) is 5.73 Å². The van der Waals surface area contributed by atoms with Gasteiger partial charge in [-0.2, -0.15) is 0 Å². The maximum atomic E-state index is 9.38. The summed E-state index contributed by atoms with van der Waals surface area (Å²) in [6.07, 6.45) is 1.08. The summed E-state index contributed by atoms with van der Waals surface area (Å²) in [6.45, 7) is 4.15. The molecule has 1 heterocycles. The molecular formula is C9H14N2O. The van der Waals surface area contributed by atoms with Gasteiger partial charge in [0, 0.05) is 24.0 Å². The first kappa shape index (κ1) is 9.16. The van der Waals surface area contributed by atoms with Crippen LogP contribution in [0.4, 0.5) is 0 Å². The van der Waals surface area contributed by atoms with Crippen LogP contribution in [-0.2, 0) is 0 Å². The molecule has 0 saturated heterocycles. The van der Waals surface area contributed by atoms with Crippen LogP contribution in [0.1, 0.15) is 22.9 Å². The Morgan fingerprint density at radius 1 is 1.58 bits per heavy atom. The van der Waals surface area contributed by atoms with E-state index >= 15 is 0 Å². The topological polar surface area (TPSA) is 59.1 Å². The fourth-order valence-electron chi connectivity index (χ4n) is 0.983. The summed E-state index contributed by atoms with van der Waals surface area (Å²) in [5.41, 5.74) is 8.18. The molecule has 0 aliphatic rings. The normalized spacial score (nSPS) is 13.0. The number of pyridine rings is 1. The molecule has 0 spiro atoms. The fraction of sp³-hybridized carbons (Fsp3) is 0.444. The number of aliphatic hydroxyl groups excluding tert-OH is 1. The van der Waals surface area contributed by atoms with Crippen molar-refractivity contribution in [3.05, 3.63) is 29.1 Å². The molecule has 1 aromatic heterocycles. The van der Waals surface area contributed by atoms with E-state index in [1.54, 1.807) is 6.20 Å². The molecule has 3 heteroatoms. The first-order chi connectivity index (χ1) is 5.65. The van der Waals surface area contributed by atoms with E-state index in [2.05, 4.69) is 4.98 Å². The van der Waals surface area contributed by atoms with Gasteiger partial charge in [0.15, 0.2) is 0 Å². The molecule has 1 unspecified atom stereocenters. The van der Waals surface area contributed by atoms with Crippen LogP contribution in [0.3, 0.4) is 0 Å². The molecule has 0 saturated carbocycles. The van der Waals surface area contributed by atoms with Gasteiger partial charge in [0.25, 0.3) is 0 Å². The van der Waals surface area contributed by atoms with Gasteiger partial charge >= 0.3 is 0 Å². The summed E-state index contributed by atoms with van der Waals surface area (Å²) in [4.78, 5) is 4.13. The van der Waals surface area contributed by atoms with Crippen LogP contribution in [0.15, 0.2) is 12.3 Å². The molecule has 3 N–H and O–H groups in total. The van der Waals surface area contributed by atoms with Crippen molar-refractivity contribution in [3.8, 4) is 0 Å². The van der Waals surface area contributed by atoms with E-state index < -0.39 is 6.10 Å². The van der Waals surface area contributed by atoms with Gasteiger partial charge in [0.1, 0.15) is 0 Å². The Kier molecular flexibility index (Phi) is 2.78. The second kappa shape index (κ2) is 3.65. The lowest BCUT2D eigenvalue weighted by Crippen LogP contribution is -2.12. The third-order valence-corrected chi connectivity index (χ3v) is 1.97. The molecule has 1 aromatic rings.